The fraction of sp³-hybridized carbons (Fsp3) is 0.440. The maximum atomic E-state index is 13.3. The van der Waals surface area contributed by atoms with E-state index in [9.17, 15) is 71.9 Å². The molecule has 16 rings (SSSR count). The molecule has 0 bridgehead atoms. The van der Waals surface area contributed by atoms with Crippen molar-refractivity contribution >= 4 is 162 Å². The number of hydrogen-bond donors (Lipinski definition) is 8. The Bertz CT molecular complexity index is 6850. The molecule has 0 spiro atoms. The van der Waals surface area contributed by atoms with Gasteiger partial charge in [0, 0.05) is 185 Å². The molecule has 12 aromatic heterocycles. The molecule has 142 heavy (non-hydrogen) atoms. The molecule has 0 saturated carbocycles. The van der Waals surface area contributed by atoms with Crippen molar-refractivity contribution in [2.24, 2.45) is 35.2 Å². The molecule has 16 heterocycles. The molecule has 1 unspecified atom stereocenters. The van der Waals surface area contributed by atoms with E-state index in [-0.39, 0.29) is 27.5 Å². The predicted octanol–water partition coefficient (Wildman–Crippen LogP) is 8.19. The number of aliphatic carboxylic acids is 4. The SMILES string of the molecule is CC#CCn1c(N2CCNCC2)nc2nc(SC(C)c3cccs3)n(C)c(=O)c21.CC#CCn1c(N2CCNCC2)nc2nc(SCc3cccs3)n(C)c(=O)c21.CC#CCn1c(N2CCNCC2)nc2nc(Sc3nccc(C)n3)n(C)c(=O)c21.CC#CCn1c(N2CCNCC2)nc2nc(Sc3nccn3C)n(C)c(=O)c21.O=C(O)C(F)(F)F.O=C(O)C(F)(F)F.O=C(O)C(F)(F)F.O=C(O)C(F)(F)F. The Morgan fingerprint density at radius 2 is 0.725 bits per heavy atom. The van der Waals surface area contributed by atoms with Crippen LogP contribution in [0.2, 0.25) is 0 Å². The van der Waals surface area contributed by atoms with Crippen LogP contribution in [0.1, 0.15) is 55.3 Å². The highest BCUT2D eigenvalue weighted by Crippen LogP contribution is 2.37. The number of carboxylic acids is 4. The van der Waals surface area contributed by atoms with Gasteiger partial charge < -0.3 is 65.9 Å². The minimum absolute atomic E-state index is 0.0783. The number of piperazine rings is 4. The van der Waals surface area contributed by atoms with Gasteiger partial charge in [-0.2, -0.15) is 72.6 Å². The van der Waals surface area contributed by atoms with E-state index in [1.807, 2.05) is 61.2 Å². The zero-order chi connectivity index (χ0) is 104. The number of hydrogen-bond acceptors (Lipinski definition) is 33. The number of imidazole rings is 5. The molecule has 0 amide bonds. The Labute approximate surface area is 824 Å². The summed E-state index contributed by atoms with van der Waals surface area (Å²) in [7, 11) is 8.91. The molecule has 0 aliphatic carbocycles. The number of aromatic nitrogens is 20. The number of nitrogens with zero attached hydrogens (tertiary/aromatic N) is 24. The van der Waals surface area contributed by atoms with Gasteiger partial charge in [0.25, 0.3) is 22.2 Å². The second kappa shape index (κ2) is 51.5. The molecule has 0 radical (unpaired) electrons. The van der Waals surface area contributed by atoms with Gasteiger partial charge in [0.15, 0.2) is 75.6 Å². The molecule has 1 atom stereocenters. The van der Waals surface area contributed by atoms with Gasteiger partial charge in [0.05, 0.1) is 26.2 Å². The van der Waals surface area contributed by atoms with Crippen LogP contribution in [0.15, 0.2) is 110 Å². The topological polar surface area (TPSA) is 465 Å². The Morgan fingerprint density at radius 3 is 1.02 bits per heavy atom. The third-order valence-corrected chi connectivity index (χ3v) is 26.6. The van der Waals surface area contributed by atoms with E-state index >= 15 is 0 Å². The van der Waals surface area contributed by atoms with Crippen LogP contribution in [-0.4, -0.2) is 270 Å². The van der Waals surface area contributed by atoms with Crippen molar-refractivity contribution in [2.45, 2.75) is 134 Å². The number of halogens is 12. The molecule has 40 nitrogen and oxygen atoms in total. The lowest BCUT2D eigenvalue weighted by atomic mass is 10.4. The molecule has 4 fully saturated rings. The Balaban J connectivity index is 0.000000193. The van der Waals surface area contributed by atoms with Gasteiger partial charge in [0.2, 0.25) is 23.8 Å². The standard InChI is InChI=1S/C20H24N6OS2.C19H22N8OS.C19H22N6OS2.C18H22N8OS.4C2HF3O2/c1-4-5-10-26-16-17(22-19(26)25-11-8-21-9-12-25)23-20(24(3)18(16)27)29-14(2)15-7-6-13-28-15;1-4-5-10-27-14-15(23-18(27)26-11-8-20-9-12-26)24-19(25(3)16(14)28)29-17-21-7-6-13(2)22-17;1-3-4-9-25-15-16(21-18(25)24-10-7-20-8-11-24)22-19(23(2)17(15)26)28-13-14-6-5-12-27-14;1-4-5-9-26-13-14(21-16(26)25-11-6-19-7-12-25)22-18(24(3)15(13)27)28-17-20-8-10-23(17)2;4*3-2(4,5)1(6)7/h6-7,13-14,21H,8-12H2,1-3H3;6-7,20H,8-12H2,1-3H3;5-6,12,20H,7-11,13H2,1-2H3;8,10,19H,6-7,9,11-12H2,1-3H3;4*(H,6,7). The monoisotopic (exact) mass is 2110 g/mol. The highest BCUT2D eigenvalue weighted by atomic mass is 32.2. The first-order chi connectivity index (χ1) is 67.2. The van der Waals surface area contributed by atoms with Crippen molar-refractivity contribution in [1.82, 2.24) is 117 Å². The lowest BCUT2D eigenvalue weighted by Crippen LogP contribution is -2.44. The summed E-state index contributed by atoms with van der Waals surface area (Å²) in [6.07, 6.45) is -15.1. The van der Waals surface area contributed by atoms with E-state index < -0.39 is 48.6 Å². The Morgan fingerprint density at radius 1 is 0.415 bits per heavy atom. The fourth-order valence-corrected chi connectivity index (χ4v) is 18.2. The molecular formula is C84H94F12N28O12S6. The Hall–Kier alpha value is -13.2. The van der Waals surface area contributed by atoms with Crippen molar-refractivity contribution in [2.75, 3.05) is 124 Å². The van der Waals surface area contributed by atoms with Gasteiger partial charge in [-0.3, -0.25) is 55.7 Å². The lowest BCUT2D eigenvalue weighted by Gasteiger charge is -2.28. The first-order valence-corrected chi connectivity index (χ1v) is 47.5. The average Bonchev–Trinajstić information content (AvgIpc) is 1.62. The highest BCUT2D eigenvalue weighted by molar-refractivity contribution is 7.99. The largest absolute Gasteiger partial charge is 0.490 e. The number of fused-ring (bicyclic) bond motifs is 4. The van der Waals surface area contributed by atoms with E-state index in [0.29, 0.717) is 96.6 Å². The van der Waals surface area contributed by atoms with Crippen LogP contribution in [0.3, 0.4) is 0 Å². The number of anilines is 4. The van der Waals surface area contributed by atoms with Crippen LogP contribution >= 0.6 is 69.7 Å². The summed E-state index contributed by atoms with van der Waals surface area (Å²) in [6.45, 7) is 26.7. The number of nitrogens with one attached hydrogen (secondary N) is 4. The second-order valence-corrected chi connectivity index (χ2v) is 35.9. The summed E-state index contributed by atoms with van der Waals surface area (Å²) in [4.78, 5) is 151. The van der Waals surface area contributed by atoms with E-state index in [1.165, 1.54) is 37.8 Å². The number of aryl methyl sites for hydroxylation is 2. The first-order valence-electron chi connectivity index (χ1n) is 42.2. The highest BCUT2D eigenvalue weighted by Gasteiger charge is 2.41. The van der Waals surface area contributed by atoms with Crippen LogP contribution in [0.25, 0.3) is 44.7 Å². The van der Waals surface area contributed by atoms with Crippen LogP contribution < -0.4 is 63.1 Å². The molecule has 12 aromatic rings. The zero-order valence-electron chi connectivity index (χ0n) is 77.5. The number of alkyl halides is 12. The van der Waals surface area contributed by atoms with Gasteiger partial charge in [0.1, 0.15) is 0 Å². The zero-order valence-corrected chi connectivity index (χ0v) is 82.4. The number of rotatable bonds is 18. The van der Waals surface area contributed by atoms with Gasteiger partial charge in [-0.15, -0.1) is 46.4 Å². The summed E-state index contributed by atoms with van der Waals surface area (Å²) in [5, 5.41) is 50.0. The van der Waals surface area contributed by atoms with Gasteiger partial charge in [-0.05, 0) is 94.0 Å². The van der Waals surface area contributed by atoms with Crippen LogP contribution in [0.5, 0.6) is 0 Å². The second-order valence-electron chi connectivity index (χ2n) is 29.7. The third-order valence-electron chi connectivity index (χ3n) is 20.0. The van der Waals surface area contributed by atoms with Crippen LogP contribution in [-0.2, 0) is 86.3 Å². The quantitative estimate of drug-likeness (QED) is 0.0174. The summed E-state index contributed by atoms with van der Waals surface area (Å²) in [6, 6.07) is 10.1. The number of carbonyl (C=O) groups is 4. The summed E-state index contributed by atoms with van der Waals surface area (Å²) >= 11 is 9.17. The fourth-order valence-electron chi connectivity index (χ4n) is 12.9. The molecule has 4 aliphatic heterocycles. The first kappa shape index (κ1) is 112. The van der Waals surface area contributed by atoms with E-state index in [0.717, 1.165) is 145 Å². The molecule has 4 aliphatic rings. The van der Waals surface area contributed by atoms with Crippen molar-refractivity contribution in [1.29, 1.82) is 0 Å². The van der Waals surface area contributed by atoms with E-state index in [2.05, 4.69) is 143 Å². The Kier molecular flexibility index (Phi) is 40.8. The predicted molar refractivity (Wildman–Crippen MR) is 511 cm³/mol. The summed E-state index contributed by atoms with van der Waals surface area (Å²) in [5.74, 6) is 16.8. The number of thiophene rings is 2. The maximum Gasteiger partial charge on any atom is 0.490 e. The average molecular weight is 2110 g/mol. The molecule has 0 aromatic carbocycles. The minimum Gasteiger partial charge on any atom is -0.475 e. The van der Waals surface area contributed by atoms with Crippen molar-refractivity contribution in [3.8, 4) is 47.4 Å². The smallest absolute Gasteiger partial charge is 0.475 e. The van der Waals surface area contributed by atoms with E-state index in [1.54, 1.807) is 128 Å². The number of carboxylic acid groups (broad SMARTS) is 4. The molecule has 8 N–H and O–H groups in total. The maximum absolute atomic E-state index is 13.3. The van der Waals surface area contributed by atoms with Crippen LogP contribution in [0.4, 0.5) is 76.5 Å². The van der Waals surface area contributed by atoms with Crippen molar-refractivity contribution < 1.29 is 92.3 Å². The lowest BCUT2D eigenvalue weighted by molar-refractivity contribution is -0.193. The number of thioether (sulfide) groups is 2. The van der Waals surface area contributed by atoms with Crippen molar-refractivity contribution in [3.05, 3.63) is 117 Å². The third kappa shape index (κ3) is 30.2. The molecule has 4 saturated heterocycles. The minimum atomic E-state index is -5.08. The van der Waals surface area contributed by atoms with E-state index in [4.69, 9.17) is 69.5 Å². The molecular weight excluding hydrogens is 2010 g/mol. The molecule has 762 valence electrons. The van der Waals surface area contributed by atoms with Crippen molar-refractivity contribution in [3.63, 3.8) is 0 Å². The van der Waals surface area contributed by atoms with Crippen LogP contribution in [0, 0.1) is 54.3 Å². The van der Waals surface area contributed by atoms with Gasteiger partial charge >= 0.3 is 48.6 Å². The summed E-state index contributed by atoms with van der Waals surface area (Å²) in [5.41, 5.74) is 4.30. The molecule has 58 heteroatoms. The van der Waals surface area contributed by atoms with Gasteiger partial charge in [-0.1, -0.05) is 59.3 Å². The summed E-state index contributed by atoms with van der Waals surface area (Å²) < 4.78 is 143. The van der Waals surface area contributed by atoms with Gasteiger partial charge in [-0.25, -0.2) is 54.1 Å². The normalized spacial score (nSPS) is 13.9.